The molecular formula is C16H19N3O2. The quantitative estimate of drug-likeness (QED) is 0.845. The van der Waals surface area contributed by atoms with E-state index in [1.807, 2.05) is 36.4 Å². The number of anilines is 1. The van der Waals surface area contributed by atoms with Crippen molar-refractivity contribution in [3.05, 3.63) is 59.9 Å². The Morgan fingerprint density at radius 3 is 2.43 bits per heavy atom. The number of carbonyl (C=O) groups is 1. The molecule has 0 saturated heterocycles. The first-order valence-electron chi connectivity index (χ1n) is 6.72. The van der Waals surface area contributed by atoms with Crippen molar-refractivity contribution in [3.63, 3.8) is 0 Å². The monoisotopic (exact) mass is 285 g/mol. The summed E-state index contributed by atoms with van der Waals surface area (Å²) in [6, 6.07) is 11.0. The third-order valence-corrected chi connectivity index (χ3v) is 3.06. The predicted molar refractivity (Wildman–Crippen MR) is 82.0 cm³/mol. The third kappa shape index (κ3) is 4.66. The lowest BCUT2D eigenvalue weighted by Gasteiger charge is -2.11. The standard InChI is InChI=1S/C16H19N3O2/c1-21-11-15(17)16(20)19-14-4-2-12(3-5-14)10-13-6-8-18-9-7-13/h2-9,15H,10-11,17H2,1H3,(H,19,20). The highest BCUT2D eigenvalue weighted by atomic mass is 16.5. The maximum absolute atomic E-state index is 11.8. The van der Waals surface area contributed by atoms with Gasteiger partial charge in [-0.2, -0.15) is 0 Å². The first-order valence-corrected chi connectivity index (χ1v) is 6.72. The van der Waals surface area contributed by atoms with Gasteiger partial charge in [0.25, 0.3) is 0 Å². The number of methoxy groups -OCH3 is 1. The molecule has 21 heavy (non-hydrogen) atoms. The van der Waals surface area contributed by atoms with E-state index >= 15 is 0 Å². The van der Waals surface area contributed by atoms with Crippen LogP contribution in [0.3, 0.4) is 0 Å². The van der Waals surface area contributed by atoms with Crippen LogP contribution in [0.4, 0.5) is 5.69 Å². The van der Waals surface area contributed by atoms with E-state index in [2.05, 4.69) is 10.3 Å². The number of nitrogens with two attached hydrogens (primary N) is 1. The molecule has 0 aliphatic carbocycles. The Bertz CT molecular complexity index is 570. The smallest absolute Gasteiger partial charge is 0.243 e. The maximum atomic E-state index is 11.8. The zero-order valence-electron chi connectivity index (χ0n) is 12.0. The Morgan fingerprint density at radius 2 is 1.81 bits per heavy atom. The fourth-order valence-electron chi connectivity index (χ4n) is 1.93. The fraction of sp³-hybridized carbons (Fsp3) is 0.250. The largest absolute Gasteiger partial charge is 0.383 e. The molecule has 2 aromatic rings. The van der Waals surface area contributed by atoms with Gasteiger partial charge in [-0.1, -0.05) is 12.1 Å². The van der Waals surface area contributed by atoms with Crippen LogP contribution in [-0.2, 0) is 16.0 Å². The number of carbonyl (C=O) groups excluding carboxylic acids is 1. The third-order valence-electron chi connectivity index (χ3n) is 3.06. The molecule has 110 valence electrons. The molecule has 2 rings (SSSR count). The van der Waals surface area contributed by atoms with Crippen molar-refractivity contribution < 1.29 is 9.53 Å². The minimum Gasteiger partial charge on any atom is -0.383 e. The maximum Gasteiger partial charge on any atom is 0.243 e. The lowest BCUT2D eigenvalue weighted by molar-refractivity contribution is -0.118. The van der Waals surface area contributed by atoms with Crippen LogP contribution >= 0.6 is 0 Å². The van der Waals surface area contributed by atoms with Gasteiger partial charge in [0.05, 0.1) is 6.61 Å². The van der Waals surface area contributed by atoms with Crippen molar-refractivity contribution in [1.29, 1.82) is 0 Å². The number of hydrogen-bond acceptors (Lipinski definition) is 4. The second kappa shape index (κ2) is 7.52. The summed E-state index contributed by atoms with van der Waals surface area (Å²) in [5.41, 5.74) is 8.76. The van der Waals surface area contributed by atoms with Gasteiger partial charge in [0.1, 0.15) is 6.04 Å². The van der Waals surface area contributed by atoms with Gasteiger partial charge in [0.2, 0.25) is 5.91 Å². The summed E-state index contributed by atoms with van der Waals surface area (Å²) in [7, 11) is 1.51. The summed E-state index contributed by atoms with van der Waals surface area (Å²) in [6.45, 7) is 0.200. The number of benzene rings is 1. The molecule has 0 aliphatic heterocycles. The normalized spacial score (nSPS) is 11.9. The average Bonchev–Trinajstić information content (AvgIpc) is 2.50. The zero-order valence-corrected chi connectivity index (χ0v) is 12.0. The van der Waals surface area contributed by atoms with E-state index in [4.69, 9.17) is 10.5 Å². The summed E-state index contributed by atoms with van der Waals surface area (Å²) in [6.07, 6.45) is 4.39. The van der Waals surface area contributed by atoms with Gasteiger partial charge >= 0.3 is 0 Å². The molecule has 1 atom stereocenters. The molecule has 1 amide bonds. The minimum atomic E-state index is -0.661. The second-order valence-electron chi connectivity index (χ2n) is 4.78. The Kier molecular flexibility index (Phi) is 5.43. The molecule has 5 heteroatoms. The van der Waals surface area contributed by atoms with Gasteiger partial charge in [0, 0.05) is 25.2 Å². The van der Waals surface area contributed by atoms with Crippen molar-refractivity contribution in [3.8, 4) is 0 Å². The van der Waals surface area contributed by atoms with Crippen LogP contribution in [0.1, 0.15) is 11.1 Å². The highest BCUT2D eigenvalue weighted by molar-refractivity contribution is 5.94. The molecule has 0 bridgehead atoms. The molecule has 3 N–H and O–H groups in total. The first-order chi connectivity index (χ1) is 10.2. The molecule has 0 aliphatic rings. The first kappa shape index (κ1) is 15.2. The lowest BCUT2D eigenvalue weighted by Crippen LogP contribution is -2.39. The van der Waals surface area contributed by atoms with Gasteiger partial charge in [-0.05, 0) is 41.8 Å². The number of nitrogens with zero attached hydrogens (tertiary/aromatic N) is 1. The molecule has 0 radical (unpaired) electrons. The van der Waals surface area contributed by atoms with Crippen LogP contribution in [0.25, 0.3) is 0 Å². The van der Waals surface area contributed by atoms with Gasteiger partial charge in [-0.15, -0.1) is 0 Å². The highest BCUT2D eigenvalue weighted by Crippen LogP contribution is 2.13. The molecule has 5 nitrogen and oxygen atoms in total. The molecular weight excluding hydrogens is 266 g/mol. The SMILES string of the molecule is COCC(N)C(=O)Nc1ccc(Cc2ccncc2)cc1. The number of rotatable bonds is 6. The van der Waals surface area contributed by atoms with Crippen LogP contribution in [-0.4, -0.2) is 30.6 Å². The van der Waals surface area contributed by atoms with Crippen LogP contribution in [0.5, 0.6) is 0 Å². The van der Waals surface area contributed by atoms with E-state index in [0.717, 1.165) is 12.1 Å². The molecule has 0 fully saturated rings. The number of aromatic nitrogens is 1. The topological polar surface area (TPSA) is 77.2 Å². The molecule has 0 saturated carbocycles. The van der Waals surface area contributed by atoms with Gasteiger partial charge < -0.3 is 15.8 Å². The van der Waals surface area contributed by atoms with E-state index in [-0.39, 0.29) is 12.5 Å². The summed E-state index contributed by atoms with van der Waals surface area (Å²) in [5.74, 6) is -0.251. The van der Waals surface area contributed by atoms with Crippen LogP contribution < -0.4 is 11.1 Å². The average molecular weight is 285 g/mol. The Morgan fingerprint density at radius 1 is 1.19 bits per heavy atom. The Balaban J connectivity index is 1.94. The Hall–Kier alpha value is -2.24. The molecule has 1 aromatic heterocycles. The van der Waals surface area contributed by atoms with E-state index in [9.17, 15) is 4.79 Å². The summed E-state index contributed by atoms with van der Waals surface area (Å²) >= 11 is 0. The molecule has 1 unspecified atom stereocenters. The van der Waals surface area contributed by atoms with Crippen LogP contribution in [0.2, 0.25) is 0 Å². The summed E-state index contributed by atoms with van der Waals surface area (Å²) in [4.78, 5) is 15.8. The van der Waals surface area contributed by atoms with Crippen LogP contribution in [0.15, 0.2) is 48.8 Å². The fourth-order valence-corrected chi connectivity index (χ4v) is 1.93. The van der Waals surface area contributed by atoms with Gasteiger partial charge in [-0.3, -0.25) is 9.78 Å². The predicted octanol–water partition coefficient (Wildman–Crippen LogP) is 1.58. The lowest BCUT2D eigenvalue weighted by atomic mass is 10.1. The van der Waals surface area contributed by atoms with E-state index in [0.29, 0.717) is 0 Å². The highest BCUT2D eigenvalue weighted by Gasteiger charge is 2.12. The number of pyridine rings is 1. The number of amides is 1. The Labute approximate surface area is 124 Å². The summed E-state index contributed by atoms with van der Waals surface area (Å²) < 4.78 is 4.86. The number of nitrogens with one attached hydrogen (secondary N) is 1. The van der Waals surface area contributed by atoms with E-state index in [1.54, 1.807) is 12.4 Å². The van der Waals surface area contributed by atoms with Crippen molar-refractivity contribution in [2.45, 2.75) is 12.5 Å². The number of ether oxygens (including phenoxy) is 1. The van der Waals surface area contributed by atoms with Crippen molar-refractivity contribution in [2.75, 3.05) is 19.0 Å². The molecule has 0 spiro atoms. The summed E-state index contributed by atoms with van der Waals surface area (Å²) in [5, 5.41) is 2.76. The zero-order chi connectivity index (χ0) is 15.1. The van der Waals surface area contributed by atoms with Crippen molar-refractivity contribution >= 4 is 11.6 Å². The minimum absolute atomic E-state index is 0.200. The molecule has 1 heterocycles. The van der Waals surface area contributed by atoms with Crippen LogP contribution in [0, 0.1) is 0 Å². The van der Waals surface area contributed by atoms with E-state index in [1.165, 1.54) is 18.2 Å². The molecule has 1 aromatic carbocycles. The van der Waals surface area contributed by atoms with Gasteiger partial charge in [-0.25, -0.2) is 0 Å². The van der Waals surface area contributed by atoms with Gasteiger partial charge in [0.15, 0.2) is 0 Å². The van der Waals surface area contributed by atoms with Crippen molar-refractivity contribution in [1.82, 2.24) is 4.98 Å². The van der Waals surface area contributed by atoms with E-state index < -0.39 is 6.04 Å². The number of hydrogen-bond donors (Lipinski definition) is 2. The second-order valence-corrected chi connectivity index (χ2v) is 4.78. The van der Waals surface area contributed by atoms with Crippen molar-refractivity contribution in [2.24, 2.45) is 5.73 Å².